The van der Waals surface area contributed by atoms with Crippen LogP contribution in [0.3, 0.4) is 0 Å². The smallest absolute Gasteiger partial charge is 0.235 e. The average molecular weight is 1050 g/mol. The molecule has 0 atom stereocenters. The van der Waals surface area contributed by atoms with Crippen molar-refractivity contribution in [3.63, 3.8) is 0 Å². The summed E-state index contributed by atoms with van der Waals surface area (Å²) < 4.78 is 17.2. The molecule has 0 amide bonds. The molecule has 382 valence electrons. The van der Waals surface area contributed by atoms with Gasteiger partial charge in [0.15, 0.2) is 0 Å². The van der Waals surface area contributed by atoms with Crippen LogP contribution >= 0.6 is 0 Å². The first-order valence-electron chi connectivity index (χ1n) is 27.8. The zero-order valence-corrected chi connectivity index (χ0v) is 44.2. The number of nitrogens with zero attached hydrogens (tertiary/aromatic N) is 4. The predicted octanol–water partition coefficient (Wildman–Crippen LogP) is 20.5. The molecule has 17 aromatic rings. The van der Waals surface area contributed by atoms with Crippen molar-refractivity contribution in [1.29, 1.82) is 0 Å². The molecule has 0 N–H and O–H groups in total. The van der Waals surface area contributed by atoms with Gasteiger partial charge in [-0.3, -0.25) is 4.57 Å². The van der Waals surface area contributed by atoms with E-state index in [4.69, 9.17) is 18.8 Å². The minimum absolute atomic E-state index is 0.580. The molecule has 0 unspecified atom stereocenters. The van der Waals surface area contributed by atoms with E-state index in [1.807, 2.05) is 24.3 Å². The fourth-order valence-corrected chi connectivity index (χ4v) is 12.7. The molecule has 6 nitrogen and oxygen atoms in total. The minimum atomic E-state index is 0.580. The molecule has 0 radical (unpaired) electrons. The van der Waals surface area contributed by atoms with E-state index in [0.29, 0.717) is 5.95 Å². The zero-order valence-electron chi connectivity index (χ0n) is 44.2. The quantitative estimate of drug-likeness (QED) is 0.152. The van der Waals surface area contributed by atoms with Crippen molar-refractivity contribution in [2.75, 3.05) is 0 Å². The number of aromatic nitrogens is 4. The maximum atomic E-state index is 6.27. The molecule has 0 saturated carbocycles. The zero-order chi connectivity index (χ0) is 53.8. The van der Waals surface area contributed by atoms with E-state index in [9.17, 15) is 0 Å². The molecule has 17 rings (SSSR count). The van der Waals surface area contributed by atoms with Crippen molar-refractivity contribution in [3.8, 4) is 78.7 Å². The lowest BCUT2D eigenvalue weighted by Crippen LogP contribution is -2.04. The Balaban J connectivity index is 0.861. The van der Waals surface area contributed by atoms with Gasteiger partial charge < -0.3 is 13.4 Å². The Hall–Kier alpha value is -11.1. The number of para-hydroxylation sites is 4. The van der Waals surface area contributed by atoms with Gasteiger partial charge in [-0.05, 0) is 129 Å². The third kappa shape index (κ3) is 7.35. The summed E-state index contributed by atoms with van der Waals surface area (Å²) in [5, 5.41) is 9.03. The fourth-order valence-electron chi connectivity index (χ4n) is 12.7. The van der Waals surface area contributed by atoms with Gasteiger partial charge in [-0.25, -0.2) is 9.97 Å². The minimum Gasteiger partial charge on any atom is -0.456 e. The summed E-state index contributed by atoms with van der Waals surface area (Å²) in [5.74, 6) is 0.580. The highest BCUT2D eigenvalue weighted by molar-refractivity contribution is 6.13. The van der Waals surface area contributed by atoms with Crippen LogP contribution in [0, 0.1) is 0 Å². The van der Waals surface area contributed by atoms with Gasteiger partial charge in [-0.1, -0.05) is 194 Å². The van der Waals surface area contributed by atoms with Crippen LogP contribution in [0.5, 0.6) is 0 Å². The number of benzene rings is 12. The van der Waals surface area contributed by atoms with Crippen molar-refractivity contribution >= 4 is 87.5 Å². The number of fused-ring (bicyclic) bond motifs is 12. The second-order valence-corrected chi connectivity index (χ2v) is 21.3. The molecular formula is C76H46N4O2. The lowest BCUT2D eigenvalue weighted by atomic mass is 9.93. The summed E-state index contributed by atoms with van der Waals surface area (Å²) in [5.41, 5.74) is 21.4. The molecule has 5 heterocycles. The SMILES string of the molecule is c1ccc(-c2ccccc2-c2cccc(-c3cc(-c4cccc(-n5c6ccccc6c6ccc(-c7ccc8oc9ccccc9c8c7)cc65)c4)nc(-n4c5ccccc5c5ccc(-c6ccc7oc8ccccc8c7c6)cc54)n3)c2)cc1. The van der Waals surface area contributed by atoms with Crippen LogP contribution in [-0.2, 0) is 0 Å². The monoisotopic (exact) mass is 1050 g/mol. The van der Waals surface area contributed by atoms with Gasteiger partial charge in [0.25, 0.3) is 0 Å². The maximum absolute atomic E-state index is 6.27. The standard InChI is InChI=1S/C76H46N4O2/c1-2-16-47(17-3-1)56-22-4-5-23-57(56)52-18-14-19-53(40-52)66-46-67(78-76(77-66)80-69-29-11-7-25-59(69)61-37-33-51(45-71(61)80)49-35-39-75-65(43-49)63-27-9-13-31-73(63)82-75)54-20-15-21-55(41-54)79-68-28-10-6-24-58(68)60-36-32-50(44-70(60)79)48-34-38-74-64(42-48)62-26-8-12-30-72(62)81-74/h1-46H. The summed E-state index contributed by atoms with van der Waals surface area (Å²) in [6.07, 6.45) is 0. The highest BCUT2D eigenvalue weighted by Crippen LogP contribution is 2.42. The van der Waals surface area contributed by atoms with Gasteiger partial charge in [0.2, 0.25) is 5.95 Å². The van der Waals surface area contributed by atoms with E-state index in [1.54, 1.807) is 0 Å². The third-order valence-electron chi connectivity index (χ3n) is 16.6. The Morgan fingerprint density at radius 3 is 1.28 bits per heavy atom. The van der Waals surface area contributed by atoms with Gasteiger partial charge in [-0.15, -0.1) is 0 Å². The van der Waals surface area contributed by atoms with Gasteiger partial charge in [0.05, 0.1) is 33.5 Å². The first-order valence-corrected chi connectivity index (χ1v) is 27.8. The molecule has 12 aromatic carbocycles. The first-order chi connectivity index (χ1) is 40.6. The Labute approximate surface area is 470 Å². The number of hydrogen-bond acceptors (Lipinski definition) is 4. The van der Waals surface area contributed by atoms with Crippen LogP contribution < -0.4 is 0 Å². The number of furan rings is 2. The van der Waals surface area contributed by atoms with Gasteiger partial charge >= 0.3 is 0 Å². The topological polar surface area (TPSA) is 61.9 Å². The third-order valence-corrected chi connectivity index (χ3v) is 16.6. The van der Waals surface area contributed by atoms with Crippen LogP contribution in [0.15, 0.2) is 288 Å². The van der Waals surface area contributed by atoms with Crippen molar-refractivity contribution in [2.45, 2.75) is 0 Å². The van der Waals surface area contributed by atoms with Crippen LogP contribution in [0.2, 0.25) is 0 Å². The van der Waals surface area contributed by atoms with Crippen LogP contribution in [0.4, 0.5) is 0 Å². The highest BCUT2D eigenvalue weighted by atomic mass is 16.3. The van der Waals surface area contributed by atoms with E-state index < -0.39 is 0 Å². The Bertz CT molecular complexity index is 5430. The molecular weight excluding hydrogens is 1000 g/mol. The molecule has 0 aliphatic rings. The highest BCUT2D eigenvalue weighted by Gasteiger charge is 2.21. The van der Waals surface area contributed by atoms with Gasteiger partial charge in [-0.2, -0.15) is 0 Å². The molecule has 0 aliphatic carbocycles. The summed E-state index contributed by atoms with van der Waals surface area (Å²) in [4.78, 5) is 11.3. The van der Waals surface area contributed by atoms with Crippen LogP contribution in [-0.4, -0.2) is 19.1 Å². The second-order valence-electron chi connectivity index (χ2n) is 21.3. The Kier molecular flexibility index (Phi) is 10.2. The molecule has 82 heavy (non-hydrogen) atoms. The number of rotatable bonds is 8. The molecule has 0 bridgehead atoms. The van der Waals surface area contributed by atoms with Crippen molar-refractivity contribution in [1.82, 2.24) is 19.1 Å². The van der Waals surface area contributed by atoms with Crippen molar-refractivity contribution in [2.24, 2.45) is 0 Å². The normalized spacial score (nSPS) is 11.9. The average Bonchev–Trinajstić information content (AvgIpc) is 3.26. The molecule has 0 spiro atoms. The molecule has 6 heteroatoms. The second kappa shape index (κ2) is 18.2. The van der Waals surface area contributed by atoms with Crippen LogP contribution in [0.1, 0.15) is 0 Å². The van der Waals surface area contributed by atoms with Crippen molar-refractivity contribution < 1.29 is 8.83 Å². The molecule has 5 aromatic heterocycles. The van der Waals surface area contributed by atoms with E-state index in [1.165, 1.54) is 21.9 Å². The first kappa shape index (κ1) is 45.9. The van der Waals surface area contributed by atoms with E-state index in [2.05, 4.69) is 264 Å². The summed E-state index contributed by atoms with van der Waals surface area (Å²) in [6.45, 7) is 0. The Morgan fingerprint density at radius 2 is 0.659 bits per heavy atom. The lowest BCUT2D eigenvalue weighted by Gasteiger charge is -2.15. The largest absolute Gasteiger partial charge is 0.456 e. The molecule has 0 fully saturated rings. The number of hydrogen-bond donors (Lipinski definition) is 0. The fraction of sp³-hybridized carbons (Fsp3) is 0. The van der Waals surface area contributed by atoms with E-state index >= 15 is 0 Å². The van der Waals surface area contributed by atoms with Crippen molar-refractivity contribution in [3.05, 3.63) is 279 Å². The summed E-state index contributed by atoms with van der Waals surface area (Å²) in [7, 11) is 0. The molecule has 0 saturated heterocycles. The molecule has 0 aliphatic heterocycles. The predicted molar refractivity (Wildman–Crippen MR) is 338 cm³/mol. The summed E-state index contributed by atoms with van der Waals surface area (Å²) in [6, 6.07) is 99.5. The lowest BCUT2D eigenvalue weighted by molar-refractivity contribution is 0.668. The van der Waals surface area contributed by atoms with E-state index in [-0.39, 0.29) is 0 Å². The van der Waals surface area contributed by atoms with E-state index in [0.717, 1.165) is 138 Å². The van der Waals surface area contributed by atoms with Crippen LogP contribution in [0.25, 0.3) is 166 Å². The maximum Gasteiger partial charge on any atom is 0.235 e. The van der Waals surface area contributed by atoms with Gasteiger partial charge in [0, 0.05) is 59.9 Å². The van der Waals surface area contributed by atoms with Gasteiger partial charge in [0.1, 0.15) is 22.3 Å². The Morgan fingerprint density at radius 1 is 0.232 bits per heavy atom. The summed E-state index contributed by atoms with van der Waals surface area (Å²) >= 11 is 0.